The minimum absolute atomic E-state index is 0.100. The first-order valence-corrected chi connectivity index (χ1v) is 12.0. The lowest BCUT2D eigenvalue weighted by Crippen LogP contribution is -2.14. The number of thiazole rings is 2. The Morgan fingerprint density at radius 3 is 2.67 bits per heavy atom. The zero-order valence-corrected chi connectivity index (χ0v) is 17.6. The largest absolute Gasteiger partial charge is 0.302 e. The second-order valence-electron chi connectivity index (χ2n) is 5.61. The Bertz CT molecular complexity index is 1040. The zero-order valence-electron chi connectivity index (χ0n) is 14.3. The number of carbonyl (C=O) groups is 1. The molecule has 0 unspecified atom stereocenters. The monoisotopic (exact) mass is 429 g/mol. The van der Waals surface area contributed by atoms with E-state index in [9.17, 15) is 4.79 Å². The van der Waals surface area contributed by atoms with Crippen molar-refractivity contribution >= 4 is 56.8 Å². The number of nitrogens with zero attached hydrogens (tertiary/aromatic N) is 2. The van der Waals surface area contributed by atoms with E-state index in [1.54, 1.807) is 34.4 Å². The molecule has 3 aromatic heterocycles. The van der Waals surface area contributed by atoms with Gasteiger partial charge in [-0.3, -0.25) is 4.79 Å². The predicted octanol–water partition coefficient (Wildman–Crippen LogP) is 5.90. The average molecular weight is 430 g/mol. The first-order valence-electron chi connectivity index (χ1n) is 8.09. The number of nitrogens with one attached hydrogen (secondary N) is 1. The Morgan fingerprint density at radius 2 is 1.93 bits per heavy atom. The number of benzene rings is 1. The molecule has 4 aromatic rings. The summed E-state index contributed by atoms with van der Waals surface area (Å²) >= 11 is 6.36. The molecule has 4 nitrogen and oxygen atoms in total. The van der Waals surface area contributed by atoms with Crippen molar-refractivity contribution in [3.8, 4) is 21.1 Å². The van der Waals surface area contributed by atoms with Gasteiger partial charge in [0.15, 0.2) is 5.13 Å². The minimum atomic E-state index is -0.100. The number of aromatic nitrogens is 2. The van der Waals surface area contributed by atoms with Gasteiger partial charge in [-0.2, -0.15) is 0 Å². The summed E-state index contributed by atoms with van der Waals surface area (Å²) in [6.45, 7) is 0. The summed E-state index contributed by atoms with van der Waals surface area (Å²) in [6, 6.07) is 12.3. The lowest BCUT2D eigenvalue weighted by atomic mass is 10.2. The number of carbonyl (C=O) groups excluding carboxylic acids is 1. The van der Waals surface area contributed by atoms with E-state index in [4.69, 9.17) is 0 Å². The van der Waals surface area contributed by atoms with Crippen LogP contribution < -0.4 is 5.32 Å². The van der Waals surface area contributed by atoms with Crippen molar-refractivity contribution in [3.05, 3.63) is 58.2 Å². The van der Waals surface area contributed by atoms with Gasteiger partial charge in [0.25, 0.3) is 0 Å². The average Bonchev–Trinajstić information content (AvgIpc) is 3.43. The highest BCUT2D eigenvalue weighted by Gasteiger charge is 2.12. The second-order valence-corrected chi connectivity index (χ2v) is 9.16. The number of hydrogen-bond acceptors (Lipinski definition) is 7. The van der Waals surface area contributed by atoms with E-state index < -0.39 is 0 Å². The fourth-order valence-corrected chi connectivity index (χ4v) is 5.23. The molecule has 0 aliphatic heterocycles. The van der Waals surface area contributed by atoms with E-state index >= 15 is 0 Å². The zero-order chi connectivity index (χ0) is 18.6. The Hall–Kier alpha value is -2.00. The first kappa shape index (κ1) is 18.4. The van der Waals surface area contributed by atoms with E-state index in [-0.39, 0.29) is 12.3 Å². The van der Waals surface area contributed by atoms with E-state index in [0.717, 1.165) is 26.8 Å². The van der Waals surface area contributed by atoms with Gasteiger partial charge in [0, 0.05) is 21.2 Å². The third kappa shape index (κ3) is 4.47. The van der Waals surface area contributed by atoms with Gasteiger partial charge in [0.2, 0.25) is 5.91 Å². The van der Waals surface area contributed by atoms with E-state index in [1.165, 1.54) is 16.2 Å². The summed E-state index contributed by atoms with van der Waals surface area (Å²) in [6.07, 6.45) is 2.30. The summed E-state index contributed by atoms with van der Waals surface area (Å²) < 4.78 is 0. The summed E-state index contributed by atoms with van der Waals surface area (Å²) in [4.78, 5) is 23.8. The Kier molecular flexibility index (Phi) is 5.68. The Labute approximate surface area is 173 Å². The van der Waals surface area contributed by atoms with Gasteiger partial charge < -0.3 is 5.32 Å². The molecule has 0 saturated heterocycles. The van der Waals surface area contributed by atoms with Crippen molar-refractivity contribution in [2.24, 2.45) is 0 Å². The molecule has 0 bridgehead atoms. The van der Waals surface area contributed by atoms with Crippen LogP contribution in [0.5, 0.6) is 0 Å². The predicted molar refractivity (Wildman–Crippen MR) is 117 cm³/mol. The van der Waals surface area contributed by atoms with Crippen LogP contribution in [0.2, 0.25) is 0 Å². The van der Waals surface area contributed by atoms with Crippen LogP contribution in [0.15, 0.2) is 57.4 Å². The van der Waals surface area contributed by atoms with Gasteiger partial charge in [-0.05, 0) is 29.8 Å². The maximum Gasteiger partial charge on any atom is 0.232 e. The van der Waals surface area contributed by atoms with Crippen LogP contribution in [0, 0.1) is 0 Å². The third-order valence-electron chi connectivity index (χ3n) is 3.76. The van der Waals surface area contributed by atoms with Crippen LogP contribution in [0.4, 0.5) is 5.13 Å². The molecule has 27 heavy (non-hydrogen) atoms. The van der Waals surface area contributed by atoms with Crippen molar-refractivity contribution in [3.63, 3.8) is 0 Å². The topological polar surface area (TPSA) is 54.9 Å². The highest BCUT2D eigenvalue weighted by Crippen LogP contribution is 2.29. The van der Waals surface area contributed by atoms with Gasteiger partial charge in [0.1, 0.15) is 5.01 Å². The van der Waals surface area contributed by atoms with Crippen LogP contribution >= 0.6 is 45.8 Å². The lowest BCUT2D eigenvalue weighted by molar-refractivity contribution is -0.115. The van der Waals surface area contributed by atoms with Crippen molar-refractivity contribution in [1.29, 1.82) is 0 Å². The maximum atomic E-state index is 12.3. The van der Waals surface area contributed by atoms with Crippen LogP contribution in [-0.4, -0.2) is 22.1 Å². The van der Waals surface area contributed by atoms with Gasteiger partial charge >= 0.3 is 0 Å². The smallest absolute Gasteiger partial charge is 0.232 e. The molecule has 0 spiro atoms. The molecule has 1 amide bonds. The van der Waals surface area contributed by atoms with E-state index in [2.05, 4.69) is 33.7 Å². The Morgan fingerprint density at radius 1 is 1.07 bits per heavy atom. The molecule has 4 rings (SSSR count). The number of anilines is 1. The maximum absolute atomic E-state index is 12.3. The summed E-state index contributed by atoms with van der Waals surface area (Å²) in [5.41, 5.74) is 2.70. The molecule has 1 N–H and O–H groups in total. The molecular formula is C19H15N3OS4. The molecule has 3 heterocycles. The second kappa shape index (κ2) is 8.35. The van der Waals surface area contributed by atoms with Crippen LogP contribution in [0.1, 0.15) is 5.69 Å². The quantitative estimate of drug-likeness (QED) is 0.388. The molecule has 8 heteroatoms. The molecule has 0 radical (unpaired) electrons. The molecule has 136 valence electrons. The van der Waals surface area contributed by atoms with Gasteiger partial charge in [-0.25, -0.2) is 9.97 Å². The molecular weight excluding hydrogens is 414 g/mol. The van der Waals surface area contributed by atoms with Crippen LogP contribution in [-0.2, 0) is 11.2 Å². The van der Waals surface area contributed by atoms with Crippen molar-refractivity contribution in [2.45, 2.75) is 11.3 Å². The fourth-order valence-electron chi connectivity index (χ4n) is 2.46. The molecule has 0 aliphatic carbocycles. The van der Waals surface area contributed by atoms with Gasteiger partial charge in [0.05, 0.1) is 22.7 Å². The fraction of sp³-hybridized carbons (Fsp3) is 0.105. The van der Waals surface area contributed by atoms with Gasteiger partial charge in [-0.1, -0.05) is 18.2 Å². The molecule has 0 aliphatic rings. The van der Waals surface area contributed by atoms with E-state index in [1.807, 2.05) is 40.4 Å². The van der Waals surface area contributed by atoms with Gasteiger partial charge in [-0.15, -0.1) is 45.8 Å². The highest BCUT2D eigenvalue weighted by molar-refractivity contribution is 7.98. The minimum Gasteiger partial charge on any atom is -0.302 e. The number of rotatable bonds is 6. The number of hydrogen-bond donors (Lipinski definition) is 1. The lowest BCUT2D eigenvalue weighted by Gasteiger charge is -2.00. The Balaban J connectivity index is 1.39. The van der Waals surface area contributed by atoms with E-state index in [0.29, 0.717) is 5.13 Å². The molecule has 0 saturated carbocycles. The number of thioether (sulfide) groups is 1. The normalized spacial score (nSPS) is 10.9. The summed E-state index contributed by atoms with van der Waals surface area (Å²) in [5.74, 6) is -0.100. The van der Waals surface area contributed by atoms with Crippen LogP contribution in [0.25, 0.3) is 21.1 Å². The highest BCUT2D eigenvalue weighted by atomic mass is 32.2. The molecule has 0 atom stereocenters. The van der Waals surface area contributed by atoms with Crippen LogP contribution in [0.3, 0.4) is 0 Å². The molecule has 1 aromatic carbocycles. The van der Waals surface area contributed by atoms with Crippen molar-refractivity contribution in [1.82, 2.24) is 9.97 Å². The molecule has 0 fully saturated rings. The number of thiophene rings is 1. The van der Waals surface area contributed by atoms with Crippen molar-refractivity contribution in [2.75, 3.05) is 11.6 Å². The first-order chi connectivity index (χ1) is 13.2. The summed E-state index contributed by atoms with van der Waals surface area (Å²) in [7, 11) is 0. The van der Waals surface area contributed by atoms with Crippen molar-refractivity contribution < 1.29 is 4.79 Å². The standard InChI is InChI=1S/C19H15N3OS4/c1-24-14-6-4-12(5-7-14)15-11-27-19(21-15)22-17(23)9-13-10-26-18(20-13)16-3-2-8-25-16/h2-8,10-11H,9H2,1H3,(H,21,22,23). The number of amides is 1. The SMILES string of the molecule is CSc1ccc(-c2csc(NC(=O)Cc3csc(-c4cccs4)n3)n2)cc1. The third-order valence-corrected chi connectivity index (χ3v) is 7.19. The summed E-state index contributed by atoms with van der Waals surface area (Å²) in [5, 5.41) is 10.4.